The van der Waals surface area contributed by atoms with Crippen LogP contribution in [0.15, 0.2) is 34.7 Å². The molecule has 17 heavy (non-hydrogen) atoms. The van der Waals surface area contributed by atoms with E-state index in [0.717, 1.165) is 0 Å². The number of benzene rings is 1. The summed E-state index contributed by atoms with van der Waals surface area (Å²) in [6, 6.07) is 11.9. The van der Waals surface area contributed by atoms with Gasteiger partial charge in [-0.1, -0.05) is 0 Å². The number of hydrogen-bond donors (Lipinski definition) is 0. The Balaban J connectivity index is 2.51. The second-order valence-electron chi connectivity index (χ2n) is 3.30. The fourth-order valence-corrected chi connectivity index (χ4v) is 1.46. The summed E-state index contributed by atoms with van der Waals surface area (Å²) in [6.45, 7) is 0. The van der Waals surface area contributed by atoms with E-state index in [9.17, 15) is 4.79 Å². The molecule has 0 unspecified atom stereocenters. The summed E-state index contributed by atoms with van der Waals surface area (Å²) >= 11 is 0. The molecule has 4 heteroatoms. The molecule has 0 aliphatic heterocycles. The van der Waals surface area contributed by atoms with Crippen LogP contribution < -0.4 is 0 Å². The summed E-state index contributed by atoms with van der Waals surface area (Å²) in [5.41, 5.74) is 1.26. The zero-order valence-corrected chi connectivity index (χ0v) is 8.68. The summed E-state index contributed by atoms with van der Waals surface area (Å²) in [5, 5.41) is 17.7. The number of aldehydes is 1. The SMILES string of the molecule is N#Cc1ccc(-c2ccc(C=O)o2)cc1C#N. The Morgan fingerprint density at radius 1 is 1.06 bits per heavy atom. The standard InChI is InChI=1S/C13H6N2O2/c14-6-10-2-1-9(5-11(10)7-15)13-4-3-12(8-16)17-13/h1-5,8H. The van der Waals surface area contributed by atoms with Crippen LogP contribution in [0.1, 0.15) is 21.7 Å². The van der Waals surface area contributed by atoms with Gasteiger partial charge in [-0.2, -0.15) is 10.5 Å². The van der Waals surface area contributed by atoms with Crippen molar-refractivity contribution >= 4 is 6.29 Å². The maximum absolute atomic E-state index is 10.5. The monoisotopic (exact) mass is 222 g/mol. The second kappa shape index (κ2) is 4.34. The van der Waals surface area contributed by atoms with Gasteiger partial charge in [0.15, 0.2) is 12.0 Å². The van der Waals surface area contributed by atoms with Gasteiger partial charge in [0.25, 0.3) is 0 Å². The number of hydrogen-bond acceptors (Lipinski definition) is 4. The van der Waals surface area contributed by atoms with Gasteiger partial charge in [0.2, 0.25) is 0 Å². The smallest absolute Gasteiger partial charge is 0.185 e. The molecule has 0 N–H and O–H groups in total. The van der Waals surface area contributed by atoms with Crippen LogP contribution in [0.4, 0.5) is 0 Å². The van der Waals surface area contributed by atoms with E-state index < -0.39 is 0 Å². The lowest BCUT2D eigenvalue weighted by Crippen LogP contribution is -1.84. The number of furan rings is 1. The van der Waals surface area contributed by atoms with Crippen LogP contribution >= 0.6 is 0 Å². The summed E-state index contributed by atoms with van der Waals surface area (Å²) < 4.78 is 5.23. The quantitative estimate of drug-likeness (QED) is 0.731. The molecule has 0 saturated carbocycles. The molecule has 0 atom stereocenters. The van der Waals surface area contributed by atoms with E-state index >= 15 is 0 Å². The normalized spacial score (nSPS) is 9.29. The molecular formula is C13H6N2O2. The van der Waals surface area contributed by atoms with Gasteiger partial charge in [0, 0.05) is 5.56 Å². The van der Waals surface area contributed by atoms with Crippen molar-refractivity contribution in [1.29, 1.82) is 10.5 Å². The molecule has 0 spiro atoms. The Hall–Kier alpha value is -2.85. The first-order valence-corrected chi connectivity index (χ1v) is 4.78. The first-order valence-electron chi connectivity index (χ1n) is 4.78. The molecule has 1 aromatic carbocycles. The highest BCUT2D eigenvalue weighted by atomic mass is 16.3. The van der Waals surface area contributed by atoms with Crippen molar-refractivity contribution in [2.24, 2.45) is 0 Å². The van der Waals surface area contributed by atoms with Gasteiger partial charge < -0.3 is 4.42 Å². The molecule has 1 aromatic heterocycles. The highest BCUT2D eigenvalue weighted by Gasteiger charge is 2.08. The molecular weight excluding hydrogens is 216 g/mol. The van der Waals surface area contributed by atoms with E-state index in [1.54, 1.807) is 30.3 Å². The minimum Gasteiger partial charge on any atom is -0.453 e. The van der Waals surface area contributed by atoms with Gasteiger partial charge in [-0.25, -0.2) is 0 Å². The molecule has 2 rings (SSSR count). The Labute approximate surface area is 97.3 Å². The van der Waals surface area contributed by atoms with Crippen molar-refractivity contribution in [2.75, 3.05) is 0 Å². The third-order valence-corrected chi connectivity index (χ3v) is 2.29. The van der Waals surface area contributed by atoms with E-state index in [2.05, 4.69) is 0 Å². The molecule has 0 amide bonds. The molecule has 80 valence electrons. The first-order chi connectivity index (χ1) is 8.28. The highest BCUT2D eigenvalue weighted by Crippen LogP contribution is 2.23. The predicted octanol–water partition coefficient (Wildman–Crippen LogP) is 2.50. The summed E-state index contributed by atoms with van der Waals surface area (Å²) in [7, 11) is 0. The minimum atomic E-state index is 0.225. The highest BCUT2D eigenvalue weighted by molar-refractivity contribution is 5.73. The zero-order valence-electron chi connectivity index (χ0n) is 8.68. The van der Waals surface area contributed by atoms with E-state index in [1.165, 1.54) is 0 Å². The van der Waals surface area contributed by atoms with Crippen LogP contribution in [-0.2, 0) is 0 Å². The average molecular weight is 222 g/mol. The molecule has 1 heterocycles. The lowest BCUT2D eigenvalue weighted by atomic mass is 10.0. The van der Waals surface area contributed by atoms with E-state index in [-0.39, 0.29) is 11.3 Å². The maximum Gasteiger partial charge on any atom is 0.185 e. The first kappa shape index (κ1) is 10.7. The van der Waals surface area contributed by atoms with Gasteiger partial charge in [-0.05, 0) is 30.3 Å². The van der Waals surface area contributed by atoms with Crippen LogP contribution in [0.5, 0.6) is 0 Å². The van der Waals surface area contributed by atoms with Crippen molar-refractivity contribution in [3.63, 3.8) is 0 Å². The minimum absolute atomic E-state index is 0.225. The van der Waals surface area contributed by atoms with Crippen molar-refractivity contribution in [3.05, 3.63) is 47.2 Å². The van der Waals surface area contributed by atoms with E-state index in [0.29, 0.717) is 23.2 Å². The number of carbonyl (C=O) groups is 1. The van der Waals surface area contributed by atoms with Crippen molar-refractivity contribution < 1.29 is 9.21 Å². The van der Waals surface area contributed by atoms with Crippen LogP contribution in [0.2, 0.25) is 0 Å². The fraction of sp³-hybridized carbons (Fsp3) is 0. The Morgan fingerprint density at radius 2 is 1.82 bits per heavy atom. The molecule has 0 aliphatic carbocycles. The van der Waals surface area contributed by atoms with Crippen LogP contribution in [0.25, 0.3) is 11.3 Å². The van der Waals surface area contributed by atoms with E-state index in [1.807, 2.05) is 12.1 Å². The third-order valence-electron chi connectivity index (χ3n) is 2.29. The average Bonchev–Trinajstić information content (AvgIpc) is 2.86. The van der Waals surface area contributed by atoms with Gasteiger partial charge in [-0.3, -0.25) is 4.79 Å². The Morgan fingerprint density at radius 3 is 2.41 bits per heavy atom. The Kier molecular flexibility index (Phi) is 2.72. The molecule has 4 nitrogen and oxygen atoms in total. The molecule has 0 aliphatic rings. The molecule has 2 aromatic rings. The van der Waals surface area contributed by atoms with Crippen molar-refractivity contribution in [1.82, 2.24) is 0 Å². The largest absolute Gasteiger partial charge is 0.453 e. The summed E-state index contributed by atoms with van der Waals surface area (Å²) in [5.74, 6) is 0.718. The summed E-state index contributed by atoms with van der Waals surface area (Å²) in [6.07, 6.45) is 0.609. The molecule has 0 bridgehead atoms. The Bertz CT molecular complexity index is 657. The van der Waals surface area contributed by atoms with Gasteiger partial charge in [0.05, 0.1) is 11.1 Å². The van der Waals surface area contributed by atoms with Gasteiger partial charge >= 0.3 is 0 Å². The van der Waals surface area contributed by atoms with Crippen molar-refractivity contribution in [2.45, 2.75) is 0 Å². The van der Waals surface area contributed by atoms with Crippen LogP contribution in [-0.4, -0.2) is 6.29 Å². The number of rotatable bonds is 2. The predicted molar refractivity (Wildman–Crippen MR) is 59.0 cm³/mol. The number of nitriles is 2. The third kappa shape index (κ3) is 1.92. The maximum atomic E-state index is 10.5. The van der Waals surface area contributed by atoms with E-state index in [4.69, 9.17) is 14.9 Å². The molecule has 0 fully saturated rings. The van der Waals surface area contributed by atoms with Gasteiger partial charge in [-0.15, -0.1) is 0 Å². The lowest BCUT2D eigenvalue weighted by Gasteiger charge is -1.98. The second-order valence-corrected chi connectivity index (χ2v) is 3.30. The number of carbonyl (C=O) groups excluding carboxylic acids is 1. The summed E-state index contributed by atoms with van der Waals surface area (Å²) in [4.78, 5) is 10.5. The number of nitrogens with zero attached hydrogens (tertiary/aromatic N) is 2. The molecule has 0 radical (unpaired) electrons. The van der Waals surface area contributed by atoms with Crippen LogP contribution in [0, 0.1) is 22.7 Å². The fourth-order valence-electron chi connectivity index (χ4n) is 1.46. The lowest BCUT2D eigenvalue weighted by molar-refractivity contribution is 0.110. The topological polar surface area (TPSA) is 77.8 Å². The van der Waals surface area contributed by atoms with Crippen LogP contribution in [0.3, 0.4) is 0 Å². The van der Waals surface area contributed by atoms with Gasteiger partial charge in [0.1, 0.15) is 17.9 Å². The zero-order chi connectivity index (χ0) is 12.3. The molecule has 0 saturated heterocycles. The van der Waals surface area contributed by atoms with Crippen molar-refractivity contribution in [3.8, 4) is 23.5 Å².